The van der Waals surface area contributed by atoms with Gasteiger partial charge in [0.25, 0.3) is 0 Å². The third kappa shape index (κ3) is 6.75. The van der Waals surface area contributed by atoms with Crippen LogP contribution in [0.1, 0.15) is 30.1 Å². The average Bonchev–Trinajstić information content (AvgIpc) is 3.79. The first kappa shape index (κ1) is 31.0. The molecule has 0 aromatic carbocycles. The molecular formula is C35H40N10O2. The summed E-state index contributed by atoms with van der Waals surface area (Å²) in [5, 5.41) is 19.2. The zero-order chi connectivity index (χ0) is 32.2. The number of nitrogens with zero attached hydrogens (tertiary/aromatic N) is 10. The van der Waals surface area contributed by atoms with Gasteiger partial charge in [-0.25, -0.2) is 9.50 Å². The number of ether oxygens (including phenoxy) is 2. The van der Waals surface area contributed by atoms with Gasteiger partial charge in [0.05, 0.1) is 35.2 Å². The predicted molar refractivity (Wildman–Crippen MR) is 179 cm³/mol. The van der Waals surface area contributed by atoms with E-state index in [0.717, 1.165) is 104 Å². The van der Waals surface area contributed by atoms with Crippen LogP contribution in [0.5, 0.6) is 0 Å². The Morgan fingerprint density at radius 2 is 1.68 bits per heavy atom. The van der Waals surface area contributed by atoms with Crippen LogP contribution in [0.4, 0.5) is 5.82 Å². The SMILES string of the molecule is COC(CN1CCC(n2cc(-c3cc(-c4ccc(N5CCN(Cc6ccccn6)CC5)nc4)c4c(C#N)cnn4c3)cn2)CC1)OC. The molecule has 0 unspecified atom stereocenters. The molecule has 0 saturated carbocycles. The van der Waals surface area contributed by atoms with Crippen LogP contribution >= 0.6 is 0 Å². The van der Waals surface area contributed by atoms with Gasteiger partial charge in [-0.05, 0) is 43.2 Å². The molecule has 12 nitrogen and oxygen atoms in total. The number of likely N-dealkylation sites (tertiary alicyclic amines) is 1. The Bertz CT molecular complexity index is 1810. The van der Waals surface area contributed by atoms with Gasteiger partial charge in [-0.1, -0.05) is 6.07 Å². The number of anilines is 1. The first-order valence-corrected chi connectivity index (χ1v) is 16.2. The molecule has 0 bridgehead atoms. The average molecular weight is 633 g/mol. The summed E-state index contributed by atoms with van der Waals surface area (Å²) < 4.78 is 14.7. The first-order chi connectivity index (χ1) is 23.1. The van der Waals surface area contributed by atoms with E-state index in [2.05, 4.69) is 66.0 Å². The summed E-state index contributed by atoms with van der Waals surface area (Å²) in [6, 6.07) is 15.0. The molecule has 7 heterocycles. The standard InChI is InChI=1S/C35H40N10O2/c1-46-34(47-2)25-41-11-8-31(9-12-41)44-23-29(21-39-44)27-17-32(35-28(18-36)20-40-45(35)22-27)26-6-7-33(38-19-26)43-15-13-42(14-16-43)24-30-5-3-4-10-37-30/h3-7,10,17,19-23,31,34H,8-9,11-16,24-25H2,1-2H3. The highest BCUT2D eigenvalue weighted by molar-refractivity contribution is 5.87. The van der Waals surface area contributed by atoms with E-state index in [1.54, 1.807) is 24.9 Å². The lowest BCUT2D eigenvalue weighted by Crippen LogP contribution is -2.46. The molecule has 2 saturated heterocycles. The molecule has 47 heavy (non-hydrogen) atoms. The van der Waals surface area contributed by atoms with Gasteiger partial charge in [0.1, 0.15) is 11.9 Å². The minimum absolute atomic E-state index is 0.207. The van der Waals surface area contributed by atoms with E-state index in [4.69, 9.17) is 19.6 Å². The quantitative estimate of drug-likeness (QED) is 0.209. The maximum absolute atomic E-state index is 9.89. The minimum atomic E-state index is -0.207. The van der Waals surface area contributed by atoms with E-state index in [0.29, 0.717) is 11.6 Å². The zero-order valence-electron chi connectivity index (χ0n) is 26.9. The smallest absolute Gasteiger partial charge is 0.169 e. The Morgan fingerprint density at radius 3 is 2.38 bits per heavy atom. The van der Waals surface area contributed by atoms with Gasteiger partial charge in [0.2, 0.25) is 0 Å². The Labute approximate surface area is 274 Å². The Balaban J connectivity index is 1.07. The molecule has 5 aromatic rings. The van der Waals surface area contributed by atoms with Crippen LogP contribution in [0.25, 0.3) is 27.8 Å². The summed E-state index contributed by atoms with van der Waals surface area (Å²) >= 11 is 0. The van der Waals surface area contributed by atoms with Crippen LogP contribution < -0.4 is 4.90 Å². The fourth-order valence-corrected chi connectivity index (χ4v) is 6.68. The number of pyridine rings is 3. The summed E-state index contributed by atoms with van der Waals surface area (Å²) in [5.41, 5.74) is 6.27. The van der Waals surface area contributed by atoms with Gasteiger partial charge in [0, 0.05) is 114 Å². The van der Waals surface area contributed by atoms with E-state index < -0.39 is 0 Å². The normalized spacial score (nSPS) is 16.7. The third-order valence-corrected chi connectivity index (χ3v) is 9.40. The summed E-state index contributed by atoms with van der Waals surface area (Å²) in [4.78, 5) is 16.5. The van der Waals surface area contributed by atoms with Crippen molar-refractivity contribution in [2.75, 3.05) is 64.9 Å². The van der Waals surface area contributed by atoms with Crippen molar-refractivity contribution in [3.05, 3.63) is 84.8 Å². The largest absolute Gasteiger partial charge is 0.355 e. The fourth-order valence-electron chi connectivity index (χ4n) is 6.68. The van der Waals surface area contributed by atoms with Crippen LogP contribution in [-0.2, 0) is 16.0 Å². The number of nitriles is 1. The van der Waals surface area contributed by atoms with Crippen molar-refractivity contribution in [2.24, 2.45) is 0 Å². The number of fused-ring (bicyclic) bond motifs is 1. The predicted octanol–water partition coefficient (Wildman–Crippen LogP) is 4.10. The summed E-state index contributed by atoms with van der Waals surface area (Å²) in [7, 11) is 3.36. The Hall–Kier alpha value is -4.67. The number of rotatable bonds is 10. The third-order valence-electron chi connectivity index (χ3n) is 9.40. The molecule has 2 aliphatic heterocycles. The summed E-state index contributed by atoms with van der Waals surface area (Å²) in [5.74, 6) is 0.958. The van der Waals surface area contributed by atoms with Gasteiger partial charge >= 0.3 is 0 Å². The van der Waals surface area contributed by atoms with Crippen molar-refractivity contribution in [3.63, 3.8) is 0 Å². The highest BCUT2D eigenvalue weighted by Gasteiger charge is 2.24. The van der Waals surface area contributed by atoms with Crippen molar-refractivity contribution in [1.29, 1.82) is 5.26 Å². The lowest BCUT2D eigenvalue weighted by Gasteiger charge is -2.35. The van der Waals surface area contributed by atoms with Crippen LogP contribution in [-0.4, -0.2) is 105 Å². The second-order valence-electron chi connectivity index (χ2n) is 12.2. The number of piperidine rings is 1. The molecular weight excluding hydrogens is 592 g/mol. The van der Waals surface area contributed by atoms with E-state index >= 15 is 0 Å². The van der Waals surface area contributed by atoms with Crippen molar-refractivity contribution in [3.8, 4) is 28.3 Å². The van der Waals surface area contributed by atoms with Crippen molar-refractivity contribution in [1.82, 2.24) is 39.2 Å². The van der Waals surface area contributed by atoms with Crippen LogP contribution in [0.3, 0.4) is 0 Å². The molecule has 242 valence electrons. The van der Waals surface area contributed by atoms with Gasteiger partial charge < -0.3 is 14.4 Å². The number of hydrogen-bond donors (Lipinski definition) is 0. The number of methoxy groups -OCH3 is 2. The maximum Gasteiger partial charge on any atom is 0.169 e. The summed E-state index contributed by atoms with van der Waals surface area (Å²) in [6.07, 6.45) is 13.2. The first-order valence-electron chi connectivity index (χ1n) is 16.2. The number of piperazine rings is 1. The second-order valence-corrected chi connectivity index (χ2v) is 12.2. The van der Waals surface area contributed by atoms with Gasteiger partial charge in [0.15, 0.2) is 6.29 Å². The molecule has 0 atom stereocenters. The minimum Gasteiger partial charge on any atom is -0.355 e. The van der Waals surface area contributed by atoms with E-state index in [1.165, 1.54) is 0 Å². The van der Waals surface area contributed by atoms with E-state index in [-0.39, 0.29) is 6.29 Å². The Morgan fingerprint density at radius 1 is 0.851 bits per heavy atom. The molecule has 0 radical (unpaired) electrons. The fraction of sp³-hybridized carbons (Fsp3) is 0.400. The van der Waals surface area contributed by atoms with Crippen molar-refractivity contribution in [2.45, 2.75) is 31.7 Å². The highest BCUT2D eigenvalue weighted by atomic mass is 16.7. The molecule has 0 N–H and O–H groups in total. The number of hydrogen-bond acceptors (Lipinski definition) is 10. The molecule has 12 heteroatoms. The van der Waals surface area contributed by atoms with E-state index in [9.17, 15) is 5.26 Å². The zero-order valence-corrected chi connectivity index (χ0v) is 26.9. The number of aromatic nitrogens is 6. The van der Waals surface area contributed by atoms with Crippen LogP contribution in [0.2, 0.25) is 0 Å². The van der Waals surface area contributed by atoms with Crippen LogP contribution in [0, 0.1) is 11.3 Å². The Kier molecular flexibility index (Phi) is 9.21. The maximum atomic E-state index is 9.89. The molecule has 0 aliphatic carbocycles. The lowest BCUT2D eigenvalue weighted by atomic mass is 10.0. The highest BCUT2D eigenvalue weighted by Crippen LogP contribution is 2.33. The molecule has 0 amide bonds. The second kappa shape index (κ2) is 14.0. The molecule has 2 aliphatic rings. The molecule has 2 fully saturated rings. The molecule has 5 aromatic heterocycles. The van der Waals surface area contributed by atoms with Gasteiger partial charge in [-0.2, -0.15) is 15.5 Å². The van der Waals surface area contributed by atoms with Crippen molar-refractivity contribution < 1.29 is 9.47 Å². The van der Waals surface area contributed by atoms with E-state index in [1.807, 2.05) is 36.9 Å². The van der Waals surface area contributed by atoms with Gasteiger partial charge in [-0.15, -0.1) is 0 Å². The van der Waals surface area contributed by atoms with Crippen molar-refractivity contribution >= 4 is 11.3 Å². The van der Waals surface area contributed by atoms with Crippen LogP contribution in [0.15, 0.2) is 73.6 Å². The molecule has 7 rings (SSSR count). The molecule has 0 spiro atoms. The summed E-state index contributed by atoms with van der Waals surface area (Å²) in [6.45, 7) is 7.29. The monoisotopic (exact) mass is 632 g/mol. The topological polar surface area (TPSA) is 113 Å². The lowest BCUT2D eigenvalue weighted by molar-refractivity contribution is -0.118. The van der Waals surface area contributed by atoms with Gasteiger partial charge in [-0.3, -0.25) is 19.5 Å².